The molecule has 0 aromatic rings. The van der Waals surface area contributed by atoms with Crippen molar-refractivity contribution in [1.82, 2.24) is 5.32 Å². The highest BCUT2D eigenvalue weighted by Gasteiger charge is 2.50. The smallest absolute Gasteiger partial charge is 0.308 e. The van der Waals surface area contributed by atoms with Crippen molar-refractivity contribution in [3.05, 3.63) is 85.1 Å². The fourth-order valence-electron chi connectivity index (χ4n) is 7.80. The number of ether oxygens (including phenoxy) is 4. The molecule has 3 rings (SSSR count). The van der Waals surface area contributed by atoms with Crippen molar-refractivity contribution in [2.24, 2.45) is 17.6 Å². The van der Waals surface area contributed by atoms with Crippen LogP contribution in [0.3, 0.4) is 0 Å². The normalized spacial score (nSPS) is 43.1. The van der Waals surface area contributed by atoms with E-state index in [1.807, 2.05) is 37.3 Å². The minimum Gasteiger partial charge on any atom is -0.462 e. The van der Waals surface area contributed by atoms with Crippen LogP contribution in [-0.4, -0.2) is 167 Å². The molecule has 13 N–H and O–H groups in total. The summed E-state index contributed by atoms with van der Waals surface area (Å²) in [5.41, 5.74) is 5.98. The van der Waals surface area contributed by atoms with Gasteiger partial charge in [-0.2, -0.15) is 0 Å². The van der Waals surface area contributed by atoms with E-state index < -0.39 is 135 Å². The van der Waals surface area contributed by atoms with Gasteiger partial charge in [0, 0.05) is 44.6 Å². The van der Waals surface area contributed by atoms with Gasteiger partial charge >= 0.3 is 5.97 Å². The summed E-state index contributed by atoms with van der Waals surface area (Å²) in [6.45, 7) is 5.13. The van der Waals surface area contributed by atoms with Gasteiger partial charge in [0.05, 0.1) is 86.0 Å². The van der Waals surface area contributed by atoms with Gasteiger partial charge in [-0.3, -0.25) is 9.59 Å². The molecule has 65 heavy (non-hydrogen) atoms. The largest absolute Gasteiger partial charge is 0.462 e. The Kier molecular flexibility index (Phi) is 24.7. The average Bonchev–Trinajstić information content (AvgIpc) is 3.21. The molecule has 0 aliphatic carbocycles. The molecule has 0 saturated carbocycles. The van der Waals surface area contributed by atoms with Crippen molar-refractivity contribution >= 4 is 11.9 Å². The molecular weight excluding hydrogens is 849 g/mol. The van der Waals surface area contributed by atoms with E-state index >= 15 is 0 Å². The summed E-state index contributed by atoms with van der Waals surface area (Å²) in [6.07, 6.45) is 6.19. The number of aliphatic hydroxyl groups excluding tert-OH is 9. The van der Waals surface area contributed by atoms with Gasteiger partial charge in [-0.05, 0) is 33.1 Å². The molecule has 2 bridgehead atoms. The fraction of sp³-hybridized carbons (Fsp3) is 0.660. The second-order valence-corrected chi connectivity index (χ2v) is 17.3. The van der Waals surface area contributed by atoms with Gasteiger partial charge in [-0.25, -0.2) is 0 Å². The molecule has 368 valence electrons. The fourth-order valence-corrected chi connectivity index (χ4v) is 7.80. The van der Waals surface area contributed by atoms with Crippen LogP contribution in [0.4, 0.5) is 0 Å². The number of nitrogens with one attached hydrogen (secondary N) is 1. The number of esters is 1. The second kappa shape index (κ2) is 28.7. The Labute approximate surface area is 381 Å². The molecule has 0 radical (unpaired) electrons. The molecule has 2 fully saturated rings. The molecule has 3 aliphatic rings. The van der Waals surface area contributed by atoms with Crippen LogP contribution in [0.5, 0.6) is 0 Å². The Bertz CT molecular complexity index is 1640. The molecule has 18 heteroatoms. The van der Waals surface area contributed by atoms with Crippen LogP contribution in [0.1, 0.15) is 78.6 Å². The Hall–Kier alpha value is -3.44. The lowest BCUT2D eigenvalue weighted by Crippen LogP contribution is -2.59. The third-order valence-electron chi connectivity index (χ3n) is 11.4. The first-order valence-corrected chi connectivity index (χ1v) is 22.5. The molecular formula is C47H74N2O16. The van der Waals surface area contributed by atoms with Crippen molar-refractivity contribution in [3.8, 4) is 0 Å². The number of aliphatic hydroxyl groups is 10. The van der Waals surface area contributed by atoms with Crippen molar-refractivity contribution in [2.75, 3.05) is 13.2 Å². The molecule has 18 nitrogen and oxygen atoms in total. The first-order valence-electron chi connectivity index (χ1n) is 22.5. The quantitative estimate of drug-likeness (QED) is 0.167. The van der Waals surface area contributed by atoms with Crippen LogP contribution in [0.25, 0.3) is 0 Å². The highest BCUT2D eigenvalue weighted by molar-refractivity contribution is 5.80. The Morgan fingerprint density at radius 1 is 0.723 bits per heavy atom. The molecule has 17 atom stereocenters. The van der Waals surface area contributed by atoms with E-state index in [4.69, 9.17) is 24.7 Å². The van der Waals surface area contributed by atoms with Crippen LogP contribution >= 0.6 is 0 Å². The summed E-state index contributed by atoms with van der Waals surface area (Å²) in [5, 5.41) is 111. The Balaban J connectivity index is 1.87. The predicted octanol–water partition coefficient (Wildman–Crippen LogP) is 0.129. The number of hydrogen-bond donors (Lipinski definition) is 12. The summed E-state index contributed by atoms with van der Waals surface area (Å²) < 4.78 is 23.2. The SMILES string of the molecule is CCNC(=O)[C@H]1[C@@H]2CC(O[C@@H]3OC[C@@H](O)[C@H](N)[C@@H]3O)/C=C/C=C/C=C/C=C/C=C/C=C/C=C/[C@H](C)[C@@H](O)C[C@H](C)OC(=O)C[C@H](O)CC(O)CCC(O)C(O)CC(O)CC(O)(C[C@@H]1O)O2. The highest BCUT2D eigenvalue weighted by atomic mass is 16.7. The average molecular weight is 923 g/mol. The maximum atomic E-state index is 13.3. The third-order valence-corrected chi connectivity index (χ3v) is 11.4. The zero-order valence-electron chi connectivity index (χ0n) is 37.6. The van der Waals surface area contributed by atoms with E-state index in [0.29, 0.717) is 0 Å². The number of carbonyl (C=O) groups excluding carboxylic acids is 2. The number of amides is 1. The highest BCUT2D eigenvalue weighted by Crippen LogP contribution is 2.38. The van der Waals surface area contributed by atoms with E-state index in [-0.39, 0.29) is 51.2 Å². The molecule has 0 aromatic heterocycles. The number of fused-ring (bicyclic) bond motifs is 2. The lowest BCUT2D eigenvalue weighted by atomic mass is 9.82. The maximum Gasteiger partial charge on any atom is 0.308 e. The van der Waals surface area contributed by atoms with Crippen molar-refractivity contribution in [1.29, 1.82) is 0 Å². The topological polar surface area (TPSA) is 311 Å². The standard InChI is InChI=1S/C47H74N2O16/c1-4-49-45(60)42-38(56)27-47(61)26-33(52)23-37(55)35(53)20-19-31(50)22-32(51)24-41(58)63-30(3)21-36(54)29(2)17-15-13-11-9-7-5-6-8-10-12-14-16-18-34(25-40(42)65-47)64-46-44(59)43(48)39(57)28-62-46/h5-18,29-40,42-44,46,50-57,59,61H,4,19-28,48H2,1-3H3,(H,49,60)/b6-5+,9-7+,10-8+,13-11+,14-12+,17-15+,18-16+/t29-,30-,31?,32+,33?,34?,35?,36-,37?,38-,39+,40-,42+,43-,44-,46-,47?/m0/s1. The first kappa shape index (κ1) is 55.9. The first-order chi connectivity index (χ1) is 30.8. The Morgan fingerprint density at radius 3 is 1.94 bits per heavy atom. The lowest BCUT2D eigenvalue weighted by molar-refractivity contribution is -0.304. The predicted molar refractivity (Wildman–Crippen MR) is 239 cm³/mol. The monoisotopic (exact) mass is 923 g/mol. The van der Waals surface area contributed by atoms with Crippen LogP contribution < -0.4 is 11.1 Å². The van der Waals surface area contributed by atoms with Crippen molar-refractivity contribution in [3.63, 3.8) is 0 Å². The second-order valence-electron chi connectivity index (χ2n) is 17.3. The van der Waals surface area contributed by atoms with Crippen LogP contribution in [0.2, 0.25) is 0 Å². The Morgan fingerprint density at radius 2 is 1.32 bits per heavy atom. The lowest BCUT2D eigenvalue weighted by Gasteiger charge is -2.45. The van der Waals surface area contributed by atoms with Gasteiger partial charge in [0.1, 0.15) is 12.2 Å². The van der Waals surface area contributed by atoms with Gasteiger partial charge in [0.15, 0.2) is 12.1 Å². The molecule has 3 aliphatic heterocycles. The molecule has 2 saturated heterocycles. The maximum absolute atomic E-state index is 13.3. The molecule has 0 aromatic carbocycles. The van der Waals surface area contributed by atoms with Gasteiger partial charge in [-0.1, -0.05) is 92.0 Å². The minimum absolute atomic E-state index is 0.0846. The molecule has 0 spiro atoms. The number of cyclic esters (lactones) is 1. The third kappa shape index (κ3) is 20.1. The number of carbonyl (C=O) groups is 2. The number of rotatable bonds is 4. The van der Waals surface area contributed by atoms with Crippen molar-refractivity contribution in [2.45, 2.75) is 170 Å². The zero-order valence-corrected chi connectivity index (χ0v) is 37.6. The summed E-state index contributed by atoms with van der Waals surface area (Å²) in [5.74, 6) is -5.01. The van der Waals surface area contributed by atoms with Gasteiger partial charge in [0.2, 0.25) is 5.91 Å². The number of allylic oxidation sites excluding steroid dienone is 12. The van der Waals surface area contributed by atoms with E-state index in [9.17, 15) is 60.7 Å². The van der Waals surface area contributed by atoms with E-state index in [2.05, 4.69) is 5.32 Å². The van der Waals surface area contributed by atoms with Crippen LogP contribution in [0.15, 0.2) is 85.1 Å². The number of nitrogens with two attached hydrogens (primary N) is 1. The number of hydrogen-bond acceptors (Lipinski definition) is 17. The summed E-state index contributed by atoms with van der Waals surface area (Å²) >= 11 is 0. The van der Waals surface area contributed by atoms with Crippen LogP contribution in [-0.2, 0) is 28.5 Å². The summed E-state index contributed by atoms with van der Waals surface area (Å²) in [7, 11) is 0. The molecule has 6 unspecified atom stereocenters. The van der Waals surface area contributed by atoms with E-state index in [0.717, 1.165) is 0 Å². The van der Waals surface area contributed by atoms with Gasteiger partial charge in [0.25, 0.3) is 0 Å². The van der Waals surface area contributed by atoms with Crippen LogP contribution in [0, 0.1) is 11.8 Å². The zero-order chi connectivity index (χ0) is 48.1. The molecule has 1 amide bonds. The molecule has 3 heterocycles. The van der Waals surface area contributed by atoms with Gasteiger partial charge in [-0.15, -0.1) is 0 Å². The summed E-state index contributed by atoms with van der Waals surface area (Å²) in [4.78, 5) is 25.8. The van der Waals surface area contributed by atoms with E-state index in [1.165, 1.54) is 0 Å². The minimum atomic E-state index is -2.24. The summed E-state index contributed by atoms with van der Waals surface area (Å²) in [6, 6.07) is -1.10. The van der Waals surface area contributed by atoms with Gasteiger partial charge < -0.3 is 81.1 Å². The van der Waals surface area contributed by atoms with Crippen molar-refractivity contribution < 1.29 is 79.6 Å². The van der Waals surface area contributed by atoms with E-state index in [1.54, 1.807) is 68.5 Å².